The highest BCUT2D eigenvalue weighted by atomic mass is 16.4. The summed E-state index contributed by atoms with van der Waals surface area (Å²) in [5, 5.41) is 11.9. The van der Waals surface area contributed by atoms with Gasteiger partial charge in [0.15, 0.2) is 0 Å². The SMILES string of the molecule is CCN(CC)C(=O)c1cccc(NC(=O)CN2CCCC2C(=O)O)c1. The zero-order chi connectivity index (χ0) is 18.4. The van der Waals surface area contributed by atoms with Crippen molar-refractivity contribution < 1.29 is 19.5 Å². The molecule has 1 aliphatic heterocycles. The molecular formula is C18H25N3O4. The zero-order valence-corrected chi connectivity index (χ0v) is 14.7. The Balaban J connectivity index is 2.00. The standard InChI is InChI=1S/C18H25N3O4/c1-3-20(4-2)17(23)13-7-5-8-14(11-13)19-16(22)12-21-10-6-9-15(21)18(24)25/h5,7-8,11,15H,3-4,6,9-10,12H2,1-2H3,(H,19,22)(H,24,25). The van der Waals surface area contributed by atoms with Crippen LogP contribution < -0.4 is 5.32 Å². The summed E-state index contributed by atoms with van der Waals surface area (Å²) in [5.74, 6) is -1.25. The number of carboxylic acids is 1. The maximum Gasteiger partial charge on any atom is 0.320 e. The fourth-order valence-electron chi connectivity index (χ4n) is 3.10. The Morgan fingerprint density at radius 1 is 1.28 bits per heavy atom. The van der Waals surface area contributed by atoms with E-state index in [1.54, 1.807) is 34.1 Å². The highest BCUT2D eigenvalue weighted by Crippen LogP contribution is 2.18. The Morgan fingerprint density at radius 3 is 2.64 bits per heavy atom. The van der Waals surface area contributed by atoms with Gasteiger partial charge in [0.1, 0.15) is 6.04 Å². The average molecular weight is 347 g/mol. The molecule has 1 aromatic carbocycles. The lowest BCUT2D eigenvalue weighted by molar-refractivity contribution is -0.142. The summed E-state index contributed by atoms with van der Waals surface area (Å²) in [6.07, 6.45) is 1.34. The lowest BCUT2D eigenvalue weighted by Crippen LogP contribution is -2.40. The van der Waals surface area contributed by atoms with E-state index < -0.39 is 12.0 Å². The topological polar surface area (TPSA) is 90.0 Å². The van der Waals surface area contributed by atoms with Gasteiger partial charge in [-0.1, -0.05) is 6.07 Å². The van der Waals surface area contributed by atoms with Gasteiger partial charge in [0, 0.05) is 24.3 Å². The fraction of sp³-hybridized carbons (Fsp3) is 0.500. The minimum atomic E-state index is -0.892. The van der Waals surface area contributed by atoms with Crippen LogP contribution in [-0.2, 0) is 9.59 Å². The summed E-state index contributed by atoms with van der Waals surface area (Å²) < 4.78 is 0. The molecule has 25 heavy (non-hydrogen) atoms. The number of aliphatic carboxylic acids is 1. The summed E-state index contributed by atoms with van der Waals surface area (Å²) in [6.45, 7) is 5.72. The maximum absolute atomic E-state index is 12.4. The van der Waals surface area contributed by atoms with Gasteiger partial charge in [0.05, 0.1) is 6.54 Å². The summed E-state index contributed by atoms with van der Waals surface area (Å²) >= 11 is 0. The number of nitrogens with one attached hydrogen (secondary N) is 1. The normalized spacial score (nSPS) is 17.3. The van der Waals surface area contributed by atoms with Crippen molar-refractivity contribution in [2.75, 3.05) is 31.5 Å². The Labute approximate surface area is 147 Å². The first kappa shape index (κ1) is 18.9. The largest absolute Gasteiger partial charge is 0.480 e. The van der Waals surface area contributed by atoms with Gasteiger partial charge < -0.3 is 15.3 Å². The van der Waals surface area contributed by atoms with E-state index in [9.17, 15) is 14.4 Å². The van der Waals surface area contributed by atoms with Crippen molar-refractivity contribution in [1.82, 2.24) is 9.80 Å². The van der Waals surface area contributed by atoms with Gasteiger partial charge in [0.25, 0.3) is 5.91 Å². The van der Waals surface area contributed by atoms with E-state index in [1.165, 1.54) is 0 Å². The molecule has 0 saturated carbocycles. The van der Waals surface area contributed by atoms with Crippen LogP contribution in [0.1, 0.15) is 37.0 Å². The molecule has 1 saturated heterocycles. The van der Waals surface area contributed by atoms with E-state index in [0.717, 1.165) is 6.42 Å². The van der Waals surface area contributed by atoms with Crippen LogP contribution in [0.5, 0.6) is 0 Å². The van der Waals surface area contributed by atoms with Gasteiger partial charge in [-0.05, 0) is 51.4 Å². The van der Waals surface area contributed by atoms with Crippen LogP contribution in [0, 0.1) is 0 Å². The number of carbonyl (C=O) groups is 3. The lowest BCUT2D eigenvalue weighted by atomic mass is 10.1. The van der Waals surface area contributed by atoms with Gasteiger partial charge >= 0.3 is 5.97 Å². The quantitative estimate of drug-likeness (QED) is 0.783. The van der Waals surface area contributed by atoms with Crippen molar-refractivity contribution in [3.05, 3.63) is 29.8 Å². The number of carbonyl (C=O) groups excluding carboxylic acids is 2. The first-order valence-corrected chi connectivity index (χ1v) is 8.62. The molecule has 1 aliphatic rings. The third-order valence-corrected chi connectivity index (χ3v) is 4.44. The molecule has 136 valence electrons. The Bertz CT molecular complexity index is 643. The van der Waals surface area contributed by atoms with Crippen molar-refractivity contribution in [2.24, 2.45) is 0 Å². The molecule has 0 aromatic heterocycles. The summed E-state index contributed by atoms with van der Waals surface area (Å²) in [4.78, 5) is 39.2. The highest BCUT2D eigenvalue weighted by Gasteiger charge is 2.31. The van der Waals surface area contributed by atoms with Gasteiger partial charge in [-0.3, -0.25) is 19.3 Å². The second-order valence-corrected chi connectivity index (χ2v) is 6.07. The second-order valence-electron chi connectivity index (χ2n) is 6.07. The van der Waals surface area contributed by atoms with E-state index >= 15 is 0 Å². The van der Waals surface area contributed by atoms with Crippen molar-refractivity contribution in [2.45, 2.75) is 32.7 Å². The summed E-state index contributed by atoms with van der Waals surface area (Å²) in [5.41, 5.74) is 1.06. The van der Waals surface area contributed by atoms with Crippen LogP contribution in [-0.4, -0.2) is 64.9 Å². The molecule has 1 fully saturated rings. The van der Waals surface area contributed by atoms with E-state index in [2.05, 4.69) is 5.32 Å². The molecule has 0 bridgehead atoms. The molecule has 0 spiro atoms. The van der Waals surface area contributed by atoms with E-state index in [1.807, 2.05) is 13.8 Å². The predicted molar refractivity (Wildman–Crippen MR) is 94.6 cm³/mol. The highest BCUT2D eigenvalue weighted by molar-refractivity contribution is 5.97. The van der Waals surface area contributed by atoms with Gasteiger partial charge in [-0.15, -0.1) is 0 Å². The number of anilines is 1. The van der Waals surface area contributed by atoms with Crippen molar-refractivity contribution in [3.8, 4) is 0 Å². The molecule has 1 heterocycles. The van der Waals surface area contributed by atoms with Gasteiger partial charge in [-0.25, -0.2) is 0 Å². The third kappa shape index (κ3) is 4.79. The molecule has 7 heteroatoms. The number of carboxylic acid groups (broad SMARTS) is 1. The molecule has 1 unspecified atom stereocenters. The van der Waals surface area contributed by atoms with Crippen LogP contribution in [0.3, 0.4) is 0 Å². The second kappa shape index (κ2) is 8.62. The molecule has 0 radical (unpaired) electrons. The van der Waals surface area contributed by atoms with E-state index in [-0.39, 0.29) is 18.4 Å². The zero-order valence-electron chi connectivity index (χ0n) is 14.7. The third-order valence-electron chi connectivity index (χ3n) is 4.44. The van der Waals surface area contributed by atoms with E-state index in [4.69, 9.17) is 5.11 Å². The van der Waals surface area contributed by atoms with Crippen LogP contribution in [0.4, 0.5) is 5.69 Å². The van der Waals surface area contributed by atoms with Crippen LogP contribution in [0.15, 0.2) is 24.3 Å². The minimum absolute atomic E-state index is 0.0329. The molecule has 1 aromatic rings. The number of hydrogen-bond donors (Lipinski definition) is 2. The monoisotopic (exact) mass is 347 g/mol. The Hall–Kier alpha value is -2.41. The molecule has 2 rings (SSSR count). The van der Waals surface area contributed by atoms with Crippen molar-refractivity contribution in [3.63, 3.8) is 0 Å². The number of nitrogens with zero attached hydrogens (tertiary/aromatic N) is 2. The van der Waals surface area contributed by atoms with Crippen LogP contribution in [0.25, 0.3) is 0 Å². The molecule has 0 aliphatic carbocycles. The first-order chi connectivity index (χ1) is 12.0. The van der Waals surface area contributed by atoms with Gasteiger partial charge in [0.2, 0.25) is 5.91 Å². The Kier molecular flexibility index (Phi) is 6.52. The average Bonchev–Trinajstić information content (AvgIpc) is 3.04. The first-order valence-electron chi connectivity index (χ1n) is 8.62. The van der Waals surface area contributed by atoms with E-state index in [0.29, 0.717) is 37.3 Å². The van der Waals surface area contributed by atoms with Crippen molar-refractivity contribution >= 4 is 23.5 Å². The molecule has 2 N–H and O–H groups in total. The number of benzene rings is 1. The molecule has 1 atom stereocenters. The van der Waals surface area contributed by atoms with Crippen LogP contribution >= 0.6 is 0 Å². The predicted octanol–water partition coefficient (Wildman–Crippen LogP) is 1.66. The lowest BCUT2D eigenvalue weighted by Gasteiger charge is -2.21. The van der Waals surface area contributed by atoms with Crippen LogP contribution in [0.2, 0.25) is 0 Å². The smallest absolute Gasteiger partial charge is 0.320 e. The number of hydrogen-bond acceptors (Lipinski definition) is 4. The number of likely N-dealkylation sites (tertiary alicyclic amines) is 1. The molecular weight excluding hydrogens is 322 g/mol. The molecule has 7 nitrogen and oxygen atoms in total. The maximum atomic E-state index is 12.4. The number of rotatable bonds is 7. The van der Waals surface area contributed by atoms with Crippen molar-refractivity contribution in [1.29, 1.82) is 0 Å². The minimum Gasteiger partial charge on any atom is -0.480 e. The summed E-state index contributed by atoms with van der Waals surface area (Å²) in [6, 6.07) is 6.22. The van der Waals surface area contributed by atoms with Gasteiger partial charge in [-0.2, -0.15) is 0 Å². The Morgan fingerprint density at radius 2 is 2.00 bits per heavy atom. The summed E-state index contributed by atoms with van der Waals surface area (Å²) in [7, 11) is 0. The molecule has 2 amide bonds. The number of amides is 2. The fourth-order valence-corrected chi connectivity index (χ4v) is 3.10.